The molecule has 1 fully saturated rings. The summed E-state index contributed by atoms with van der Waals surface area (Å²) in [5.74, 6) is 2.23. The maximum Gasteiger partial charge on any atom is 0.320 e. The van der Waals surface area contributed by atoms with Crippen LogP contribution in [-0.2, 0) is 0 Å². The Balaban J connectivity index is 1.61. The predicted molar refractivity (Wildman–Crippen MR) is 92.1 cm³/mol. The number of halogens is 1. The molecule has 126 valence electrons. The largest absolute Gasteiger partial charge is 0.497 e. The number of aromatic nitrogens is 1. The van der Waals surface area contributed by atoms with Gasteiger partial charge in [-0.25, -0.2) is 9.78 Å². The van der Waals surface area contributed by atoms with Crippen LogP contribution in [0.5, 0.6) is 11.5 Å². The maximum absolute atomic E-state index is 12.1. The highest BCUT2D eigenvalue weighted by molar-refractivity contribution is 6.30. The molecule has 7 heteroatoms. The molecule has 24 heavy (non-hydrogen) atoms. The molecule has 3 rings (SSSR count). The second-order valence-electron chi connectivity index (χ2n) is 5.52. The molecule has 2 aromatic rings. The van der Waals surface area contributed by atoms with Crippen LogP contribution in [0.1, 0.15) is 17.9 Å². The van der Waals surface area contributed by atoms with E-state index >= 15 is 0 Å². The van der Waals surface area contributed by atoms with Gasteiger partial charge in [0.15, 0.2) is 0 Å². The molecule has 2 amide bonds. The fourth-order valence-electron chi connectivity index (χ4n) is 2.60. The fourth-order valence-corrected chi connectivity index (χ4v) is 2.71. The van der Waals surface area contributed by atoms with Gasteiger partial charge in [0.05, 0.1) is 19.2 Å². The highest BCUT2D eigenvalue weighted by Crippen LogP contribution is 2.45. The van der Waals surface area contributed by atoms with Gasteiger partial charge in [-0.05, 0) is 36.8 Å². The lowest BCUT2D eigenvalue weighted by Gasteiger charge is -2.11. The Morgan fingerprint density at radius 1 is 1.25 bits per heavy atom. The van der Waals surface area contributed by atoms with Crippen molar-refractivity contribution in [2.45, 2.75) is 18.4 Å². The third kappa shape index (κ3) is 3.71. The molecule has 2 N–H and O–H groups in total. The van der Waals surface area contributed by atoms with Crippen LogP contribution in [0, 0.1) is 0 Å². The highest BCUT2D eigenvalue weighted by atomic mass is 35.5. The molecule has 1 heterocycles. The van der Waals surface area contributed by atoms with E-state index in [4.69, 9.17) is 21.1 Å². The van der Waals surface area contributed by atoms with Crippen molar-refractivity contribution in [1.82, 2.24) is 10.3 Å². The molecule has 0 bridgehead atoms. The number of urea groups is 1. The van der Waals surface area contributed by atoms with Gasteiger partial charge in [-0.15, -0.1) is 0 Å². The Kier molecular flexibility index (Phi) is 4.76. The molecule has 0 spiro atoms. The van der Waals surface area contributed by atoms with Crippen molar-refractivity contribution >= 4 is 23.4 Å². The zero-order valence-electron chi connectivity index (χ0n) is 13.4. The number of methoxy groups -OCH3 is 2. The summed E-state index contributed by atoms with van der Waals surface area (Å²) in [6.45, 7) is 0. The molecule has 0 saturated heterocycles. The summed E-state index contributed by atoms with van der Waals surface area (Å²) >= 11 is 5.77. The highest BCUT2D eigenvalue weighted by Gasteiger charge is 2.41. The minimum Gasteiger partial charge on any atom is -0.497 e. The van der Waals surface area contributed by atoms with Gasteiger partial charge in [0, 0.05) is 23.7 Å². The average Bonchev–Trinajstić information content (AvgIpc) is 3.35. The zero-order valence-corrected chi connectivity index (χ0v) is 14.1. The second kappa shape index (κ2) is 6.97. The first-order valence-electron chi connectivity index (χ1n) is 7.51. The van der Waals surface area contributed by atoms with Gasteiger partial charge >= 0.3 is 6.03 Å². The van der Waals surface area contributed by atoms with E-state index in [0.29, 0.717) is 10.8 Å². The van der Waals surface area contributed by atoms with E-state index in [1.165, 1.54) is 6.20 Å². The Labute approximate surface area is 145 Å². The van der Waals surface area contributed by atoms with Gasteiger partial charge in [-0.2, -0.15) is 0 Å². The lowest BCUT2D eigenvalue weighted by molar-refractivity contribution is 0.251. The number of nitrogens with one attached hydrogen (secondary N) is 2. The van der Waals surface area contributed by atoms with E-state index in [1.54, 1.807) is 26.4 Å². The number of amides is 2. The average molecular weight is 348 g/mol. The number of anilines is 1. The number of rotatable bonds is 5. The number of pyridine rings is 1. The monoisotopic (exact) mass is 347 g/mol. The van der Waals surface area contributed by atoms with Gasteiger partial charge < -0.3 is 14.8 Å². The Morgan fingerprint density at radius 3 is 2.75 bits per heavy atom. The van der Waals surface area contributed by atoms with Crippen molar-refractivity contribution in [3.8, 4) is 11.5 Å². The minimum atomic E-state index is -0.292. The summed E-state index contributed by atoms with van der Waals surface area (Å²) in [6.07, 6.45) is 2.34. The number of hydrogen-bond donors (Lipinski definition) is 2. The van der Waals surface area contributed by atoms with Crippen LogP contribution >= 0.6 is 11.6 Å². The van der Waals surface area contributed by atoms with Crippen molar-refractivity contribution in [3.05, 3.63) is 47.1 Å². The van der Waals surface area contributed by atoms with Crippen LogP contribution in [0.2, 0.25) is 5.02 Å². The molecule has 1 aliphatic carbocycles. The van der Waals surface area contributed by atoms with E-state index in [1.807, 2.05) is 18.2 Å². The van der Waals surface area contributed by atoms with Gasteiger partial charge in [-0.1, -0.05) is 11.6 Å². The summed E-state index contributed by atoms with van der Waals surface area (Å²) in [5, 5.41) is 6.14. The molecule has 1 aromatic heterocycles. The number of nitrogens with zero attached hydrogens (tertiary/aromatic N) is 1. The molecular weight excluding hydrogens is 330 g/mol. The van der Waals surface area contributed by atoms with E-state index in [9.17, 15) is 4.79 Å². The fraction of sp³-hybridized carbons (Fsp3) is 0.294. The van der Waals surface area contributed by atoms with Gasteiger partial charge in [-0.3, -0.25) is 5.32 Å². The van der Waals surface area contributed by atoms with Crippen molar-refractivity contribution < 1.29 is 14.3 Å². The molecule has 0 unspecified atom stereocenters. The SMILES string of the molecule is COc1ccc(OC)c([C@@H]2C[C@H]2NC(=O)Nc2ccc(Cl)cn2)c1. The Bertz CT molecular complexity index is 736. The quantitative estimate of drug-likeness (QED) is 0.869. The van der Waals surface area contributed by atoms with Crippen molar-refractivity contribution in [3.63, 3.8) is 0 Å². The van der Waals surface area contributed by atoms with Crippen LogP contribution in [0.4, 0.5) is 10.6 Å². The molecular formula is C17H18ClN3O3. The number of ether oxygens (including phenoxy) is 2. The zero-order chi connectivity index (χ0) is 17.1. The lowest BCUT2D eigenvalue weighted by Crippen LogP contribution is -2.31. The van der Waals surface area contributed by atoms with Gasteiger partial charge in [0.1, 0.15) is 17.3 Å². The van der Waals surface area contributed by atoms with E-state index in [0.717, 1.165) is 23.5 Å². The number of hydrogen-bond acceptors (Lipinski definition) is 4. The molecule has 0 aliphatic heterocycles. The van der Waals surface area contributed by atoms with Crippen LogP contribution in [0.15, 0.2) is 36.5 Å². The molecule has 1 aliphatic rings. The molecule has 2 atom stereocenters. The molecule has 0 radical (unpaired) electrons. The number of carbonyl (C=O) groups is 1. The summed E-state index contributed by atoms with van der Waals surface area (Å²) < 4.78 is 10.7. The first kappa shape index (κ1) is 16.4. The van der Waals surface area contributed by atoms with Crippen LogP contribution in [0.3, 0.4) is 0 Å². The Morgan fingerprint density at radius 2 is 2.08 bits per heavy atom. The van der Waals surface area contributed by atoms with E-state index < -0.39 is 0 Å². The third-order valence-electron chi connectivity index (χ3n) is 3.91. The first-order valence-corrected chi connectivity index (χ1v) is 7.89. The smallest absolute Gasteiger partial charge is 0.320 e. The summed E-state index contributed by atoms with van der Waals surface area (Å²) in [4.78, 5) is 16.1. The standard InChI is InChI=1S/C17H18ClN3O3/c1-23-11-4-5-15(24-2)13(7-11)12-8-14(12)20-17(22)21-16-6-3-10(18)9-19-16/h3-7,9,12,14H,8H2,1-2H3,(H2,19,20,21,22)/t12-,14+/m0/s1. The van der Waals surface area contributed by atoms with E-state index in [-0.39, 0.29) is 18.0 Å². The van der Waals surface area contributed by atoms with Crippen molar-refractivity contribution in [2.75, 3.05) is 19.5 Å². The molecule has 1 aromatic carbocycles. The van der Waals surface area contributed by atoms with Gasteiger partial charge in [0.2, 0.25) is 0 Å². The Hall–Kier alpha value is -2.47. The normalized spacial score (nSPS) is 18.6. The molecule has 6 nitrogen and oxygen atoms in total. The topological polar surface area (TPSA) is 72.5 Å². The number of benzene rings is 1. The third-order valence-corrected chi connectivity index (χ3v) is 4.14. The second-order valence-corrected chi connectivity index (χ2v) is 5.95. The van der Waals surface area contributed by atoms with Crippen molar-refractivity contribution in [2.24, 2.45) is 0 Å². The van der Waals surface area contributed by atoms with Crippen LogP contribution < -0.4 is 20.1 Å². The number of carbonyl (C=O) groups excluding carboxylic acids is 1. The van der Waals surface area contributed by atoms with Crippen LogP contribution in [-0.4, -0.2) is 31.3 Å². The first-order chi connectivity index (χ1) is 11.6. The summed E-state index contributed by atoms with van der Waals surface area (Å²) in [7, 11) is 3.26. The maximum atomic E-state index is 12.1. The van der Waals surface area contributed by atoms with Gasteiger partial charge in [0.25, 0.3) is 0 Å². The lowest BCUT2D eigenvalue weighted by atomic mass is 10.1. The van der Waals surface area contributed by atoms with Crippen molar-refractivity contribution in [1.29, 1.82) is 0 Å². The van der Waals surface area contributed by atoms with E-state index in [2.05, 4.69) is 15.6 Å². The molecule has 1 saturated carbocycles. The predicted octanol–water partition coefficient (Wildman–Crippen LogP) is 3.43. The summed E-state index contributed by atoms with van der Waals surface area (Å²) in [5.41, 5.74) is 1.03. The summed E-state index contributed by atoms with van der Waals surface area (Å²) in [6, 6.07) is 8.76. The van der Waals surface area contributed by atoms with Crippen LogP contribution in [0.25, 0.3) is 0 Å². The minimum absolute atomic E-state index is 0.0540.